The van der Waals surface area contributed by atoms with E-state index in [1.54, 1.807) is 41.3 Å². The Hall–Kier alpha value is -3.13. The molecule has 1 saturated heterocycles. The highest BCUT2D eigenvalue weighted by Crippen LogP contribution is 2.42. The van der Waals surface area contributed by atoms with Crippen LogP contribution in [0.25, 0.3) is 0 Å². The SMILES string of the molecule is COc1cc(N2CC(CO)C2=O)cc(OC)c1OC.COc1ccccc1O. The molecule has 0 bridgehead atoms. The van der Waals surface area contributed by atoms with E-state index in [2.05, 4.69) is 0 Å². The maximum atomic E-state index is 11.8. The van der Waals surface area contributed by atoms with Crippen molar-refractivity contribution >= 4 is 11.6 Å². The van der Waals surface area contributed by atoms with Crippen LogP contribution in [0.4, 0.5) is 5.69 Å². The summed E-state index contributed by atoms with van der Waals surface area (Å²) in [7, 11) is 6.09. The Labute approximate surface area is 163 Å². The Morgan fingerprint density at radius 1 is 0.964 bits per heavy atom. The van der Waals surface area contributed by atoms with Crippen molar-refractivity contribution < 1.29 is 34.0 Å². The minimum absolute atomic E-state index is 0.100. The summed E-state index contributed by atoms with van der Waals surface area (Å²) in [6.45, 7) is 0.369. The molecule has 1 atom stereocenters. The zero-order valence-electron chi connectivity index (χ0n) is 16.3. The van der Waals surface area contributed by atoms with Crippen molar-refractivity contribution in [3.63, 3.8) is 0 Å². The molecule has 2 N–H and O–H groups in total. The molecule has 1 aliphatic heterocycles. The van der Waals surface area contributed by atoms with E-state index in [1.165, 1.54) is 28.4 Å². The van der Waals surface area contributed by atoms with E-state index in [0.717, 1.165) is 0 Å². The second-order valence-corrected chi connectivity index (χ2v) is 5.88. The molecule has 1 unspecified atom stereocenters. The molecule has 3 rings (SSSR count). The van der Waals surface area contributed by atoms with Crippen LogP contribution in [0.15, 0.2) is 36.4 Å². The topological polar surface area (TPSA) is 97.7 Å². The van der Waals surface area contributed by atoms with Gasteiger partial charge in [-0.25, -0.2) is 0 Å². The van der Waals surface area contributed by atoms with Crippen LogP contribution in [-0.2, 0) is 4.79 Å². The van der Waals surface area contributed by atoms with Crippen LogP contribution in [-0.4, -0.2) is 57.7 Å². The van der Waals surface area contributed by atoms with Crippen molar-refractivity contribution in [1.29, 1.82) is 0 Å². The molecule has 28 heavy (non-hydrogen) atoms. The lowest BCUT2D eigenvalue weighted by Gasteiger charge is -2.37. The number of phenols is 1. The van der Waals surface area contributed by atoms with E-state index in [4.69, 9.17) is 29.2 Å². The molecular weight excluding hydrogens is 366 g/mol. The first-order valence-corrected chi connectivity index (χ1v) is 8.54. The fourth-order valence-corrected chi connectivity index (χ4v) is 2.72. The quantitative estimate of drug-likeness (QED) is 0.728. The lowest BCUT2D eigenvalue weighted by Crippen LogP contribution is -2.54. The van der Waals surface area contributed by atoms with Crippen LogP contribution in [0.1, 0.15) is 0 Å². The molecule has 1 aliphatic rings. The Kier molecular flexibility index (Phi) is 7.34. The fourth-order valence-electron chi connectivity index (χ4n) is 2.72. The number of rotatable bonds is 6. The molecule has 1 heterocycles. The zero-order valence-corrected chi connectivity index (χ0v) is 16.3. The lowest BCUT2D eigenvalue weighted by atomic mass is 9.99. The summed E-state index contributed by atoms with van der Waals surface area (Å²) in [4.78, 5) is 13.4. The van der Waals surface area contributed by atoms with Crippen LogP contribution in [0.2, 0.25) is 0 Å². The van der Waals surface area contributed by atoms with E-state index in [9.17, 15) is 4.79 Å². The monoisotopic (exact) mass is 391 g/mol. The summed E-state index contributed by atoms with van der Waals surface area (Å²) in [5, 5.41) is 18.0. The predicted molar refractivity (Wildman–Crippen MR) is 104 cm³/mol. The van der Waals surface area contributed by atoms with E-state index in [1.807, 2.05) is 0 Å². The maximum absolute atomic E-state index is 11.8. The number of ether oxygens (including phenoxy) is 4. The largest absolute Gasteiger partial charge is 0.504 e. The number of hydrogen-bond acceptors (Lipinski definition) is 7. The number of aliphatic hydroxyl groups excluding tert-OH is 1. The lowest BCUT2D eigenvalue weighted by molar-refractivity contribution is -0.128. The third-order valence-electron chi connectivity index (χ3n) is 4.28. The van der Waals surface area contributed by atoms with Gasteiger partial charge in [0.05, 0.1) is 46.7 Å². The number of aromatic hydroxyl groups is 1. The van der Waals surface area contributed by atoms with Gasteiger partial charge in [0, 0.05) is 18.7 Å². The summed E-state index contributed by atoms with van der Waals surface area (Å²) in [6.07, 6.45) is 0. The molecule has 152 valence electrons. The molecule has 2 aromatic carbocycles. The molecule has 2 aromatic rings. The van der Waals surface area contributed by atoms with E-state index in [0.29, 0.717) is 35.2 Å². The van der Waals surface area contributed by atoms with Gasteiger partial charge in [-0.05, 0) is 12.1 Å². The molecule has 0 aliphatic carbocycles. The summed E-state index contributed by atoms with van der Waals surface area (Å²) >= 11 is 0. The number of aliphatic hydroxyl groups is 1. The van der Waals surface area contributed by atoms with Gasteiger partial charge in [0.15, 0.2) is 23.0 Å². The Morgan fingerprint density at radius 3 is 1.93 bits per heavy atom. The van der Waals surface area contributed by atoms with Gasteiger partial charge in [0.2, 0.25) is 11.7 Å². The standard InChI is InChI=1S/C13H17NO5.C7H8O2/c1-17-10-4-9(5-11(18-2)12(10)19-3)14-6-8(7-15)13(14)16;1-9-7-5-3-2-4-6(7)8/h4-5,8,15H,6-7H2,1-3H3;2-5,8H,1H3. The number of carbonyl (C=O) groups excluding carboxylic acids is 1. The number of benzene rings is 2. The van der Waals surface area contributed by atoms with Gasteiger partial charge in [0.1, 0.15) is 0 Å². The minimum Gasteiger partial charge on any atom is -0.504 e. The highest BCUT2D eigenvalue weighted by atomic mass is 16.5. The van der Waals surface area contributed by atoms with Crippen LogP contribution in [0.5, 0.6) is 28.7 Å². The molecule has 0 spiro atoms. The normalized spacial score (nSPS) is 15.1. The molecule has 8 nitrogen and oxygen atoms in total. The Bertz CT molecular complexity index is 784. The van der Waals surface area contributed by atoms with Crippen molar-refractivity contribution in [1.82, 2.24) is 0 Å². The molecule has 0 saturated carbocycles. The molecule has 1 amide bonds. The van der Waals surface area contributed by atoms with Gasteiger partial charge in [-0.2, -0.15) is 0 Å². The van der Waals surface area contributed by atoms with E-state index in [-0.39, 0.29) is 24.2 Å². The first-order valence-electron chi connectivity index (χ1n) is 8.54. The zero-order chi connectivity index (χ0) is 20.7. The summed E-state index contributed by atoms with van der Waals surface area (Å²) in [6, 6.07) is 10.3. The summed E-state index contributed by atoms with van der Waals surface area (Å²) in [5.41, 5.74) is 0.671. The fraction of sp³-hybridized carbons (Fsp3) is 0.350. The number of carbonyl (C=O) groups is 1. The maximum Gasteiger partial charge on any atom is 0.234 e. The van der Waals surface area contributed by atoms with Crippen LogP contribution < -0.4 is 23.8 Å². The van der Waals surface area contributed by atoms with E-state index < -0.39 is 0 Å². The predicted octanol–water partition coefficient (Wildman–Crippen LogP) is 2.07. The van der Waals surface area contributed by atoms with Crippen LogP contribution in [0.3, 0.4) is 0 Å². The molecular formula is C20H25NO7. The average molecular weight is 391 g/mol. The number of anilines is 1. The van der Waals surface area contributed by atoms with Gasteiger partial charge in [-0.1, -0.05) is 12.1 Å². The Balaban J connectivity index is 0.000000261. The van der Waals surface area contributed by atoms with E-state index >= 15 is 0 Å². The highest BCUT2D eigenvalue weighted by Gasteiger charge is 2.37. The third-order valence-corrected chi connectivity index (χ3v) is 4.28. The van der Waals surface area contributed by atoms with Crippen molar-refractivity contribution in [2.24, 2.45) is 5.92 Å². The van der Waals surface area contributed by atoms with Crippen molar-refractivity contribution in [2.75, 3.05) is 46.5 Å². The average Bonchev–Trinajstić information content (AvgIpc) is 2.72. The van der Waals surface area contributed by atoms with Gasteiger partial charge in [0.25, 0.3) is 0 Å². The van der Waals surface area contributed by atoms with Crippen molar-refractivity contribution in [2.45, 2.75) is 0 Å². The molecule has 0 radical (unpaired) electrons. The van der Waals surface area contributed by atoms with Gasteiger partial charge >= 0.3 is 0 Å². The summed E-state index contributed by atoms with van der Waals surface area (Å²) in [5.74, 6) is 1.77. The highest BCUT2D eigenvalue weighted by molar-refractivity contribution is 6.02. The second-order valence-electron chi connectivity index (χ2n) is 5.88. The second kappa shape index (κ2) is 9.70. The molecule has 8 heteroatoms. The van der Waals surface area contributed by atoms with Crippen molar-refractivity contribution in [3.8, 4) is 28.7 Å². The minimum atomic E-state index is -0.306. The van der Waals surface area contributed by atoms with Gasteiger partial charge < -0.3 is 34.1 Å². The third kappa shape index (κ3) is 4.40. The van der Waals surface area contributed by atoms with Crippen molar-refractivity contribution in [3.05, 3.63) is 36.4 Å². The smallest absolute Gasteiger partial charge is 0.234 e. The molecule has 1 fully saturated rings. The van der Waals surface area contributed by atoms with Crippen LogP contribution in [0, 0.1) is 5.92 Å². The number of methoxy groups -OCH3 is 4. The van der Waals surface area contributed by atoms with Crippen LogP contribution >= 0.6 is 0 Å². The first kappa shape index (κ1) is 21.2. The number of phenolic OH excluding ortho intramolecular Hbond substituents is 1. The number of para-hydroxylation sites is 2. The molecule has 0 aromatic heterocycles. The number of nitrogens with zero attached hydrogens (tertiary/aromatic N) is 1. The Morgan fingerprint density at radius 2 is 1.54 bits per heavy atom. The number of β-lactam (4-membered cyclic amide) rings is 1. The number of hydrogen-bond donors (Lipinski definition) is 2. The van der Waals surface area contributed by atoms with Gasteiger partial charge in [-0.15, -0.1) is 0 Å². The summed E-state index contributed by atoms with van der Waals surface area (Å²) < 4.78 is 20.5. The number of amides is 1. The van der Waals surface area contributed by atoms with Gasteiger partial charge in [-0.3, -0.25) is 4.79 Å². The first-order chi connectivity index (χ1) is 13.5.